The highest BCUT2D eigenvalue weighted by Gasteiger charge is 2.24. The second-order valence-corrected chi connectivity index (χ2v) is 12.7. The number of hydrogen-bond acceptors (Lipinski definition) is 7. The molecule has 226 valence electrons. The van der Waals surface area contributed by atoms with Crippen molar-refractivity contribution >= 4 is 27.2 Å². The van der Waals surface area contributed by atoms with Crippen molar-refractivity contribution in [2.75, 3.05) is 29.3 Å². The summed E-state index contributed by atoms with van der Waals surface area (Å²) in [7, 11) is -3.74. The van der Waals surface area contributed by atoms with E-state index in [1.165, 1.54) is 19.3 Å². The van der Waals surface area contributed by atoms with Gasteiger partial charge in [0.15, 0.2) is 0 Å². The van der Waals surface area contributed by atoms with Crippen LogP contribution in [0, 0.1) is 0 Å². The molecule has 4 aromatic rings. The van der Waals surface area contributed by atoms with Crippen LogP contribution in [0.5, 0.6) is 0 Å². The fourth-order valence-electron chi connectivity index (χ4n) is 5.39. The van der Waals surface area contributed by atoms with Crippen molar-refractivity contribution in [3.05, 3.63) is 108 Å². The molecule has 0 bridgehead atoms. The van der Waals surface area contributed by atoms with Crippen molar-refractivity contribution in [1.29, 1.82) is 0 Å². The molecule has 0 unspecified atom stereocenters. The molecule has 0 radical (unpaired) electrons. The van der Waals surface area contributed by atoms with Gasteiger partial charge >= 0.3 is 0 Å². The van der Waals surface area contributed by atoms with Crippen LogP contribution >= 0.6 is 0 Å². The molecule has 1 atom stereocenters. The third-order valence-corrected chi connectivity index (χ3v) is 9.19. The van der Waals surface area contributed by atoms with Crippen LogP contribution in [0.3, 0.4) is 0 Å². The minimum Gasteiger partial charge on any atom is -0.387 e. The summed E-state index contributed by atoms with van der Waals surface area (Å²) in [6, 6.07) is 22.6. The molecule has 9 heteroatoms. The van der Waals surface area contributed by atoms with E-state index in [1.807, 2.05) is 30.3 Å². The van der Waals surface area contributed by atoms with Crippen molar-refractivity contribution in [2.24, 2.45) is 0 Å². The van der Waals surface area contributed by atoms with E-state index in [-0.39, 0.29) is 4.90 Å². The van der Waals surface area contributed by atoms with Gasteiger partial charge in [0.05, 0.1) is 11.0 Å². The van der Waals surface area contributed by atoms with Gasteiger partial charge < -0.3 is 15.3 Å². The van der Waals surface area contributed by atoms with E-state index in [0.29, 0.717) is 18.8 Å². The molecule has 0 spiro atoms. The molecule has 0 aliphatic carbocycles. The minimum absolute atomic E-state index is 0.256. The van der Waals surface area contributed by atoms with E-state index >= 15 is 0 Å². The Balaban J connectivity index is 1.15. The SMILES string of the molecule is CCCCCCc1cccc(N2CCc3cc(S(=O)(=O)Nc4ccc(CCNC[C@H](O)c5cccnc5)cc4)ccc32)n1. The number of fused-ring (bicyclic) bond motifs is 1. The summed E-state index contributed by atoms with van der Waals surface area (Å²) >= 11 is 0. The molecular formula is C34H41N5O3S. The maximum atomic E-state index is 13.2. The van der Waals surface area contributed by atoms with Crippen molar-refractivity contribution in [3.63, 3.8) is 0 Å². The number of benzene rings is 2. The fourth-order valence-corrected chi connectivity index (χ4v) is 6.50. The van der Waals surface area contributed by atoms with Gasteiger partial charge in [-0.2, -0.15) is 0 Å². The van der Waals surface area contributed by atoms with Crippen molar-refractivity contribution in [1.82, 2.24) is 15.3 Å². The molecule has 0 saturated heterocycles. The molecule has 0 fully saturated rings. The molecule has 0 saturated carbocycles. The lowest BCUT2D eigenvalue weighted by Gasteiger charge is -2.19. The normalized spacial score (nSPS) is 13.6. The van der Waals surface area contributed by atoms with Crippen molar-refractivity contribution in [3.8, 4) is 0 Å². The van der Waals surface area contributed by atoms with Crippen LogP contribution in [-0.4, -0.2) is 43.1 Å². The number of hydrogen-bond donors (Lipinski definition) is 3. The predicted molar refractivity (Wildman–Crippen MR) is 172 cm³/mol. The molecule has 43 heavy (non-hydrogen) atoms. The third-order valence-electron chi connectivity index (χ3n) is 7.82. The zero-order valence-electron chi connectivity index (χ0n) is 24.7. The van der Waals surface area contributed by atoms with E-state index in [2.05, 4.69) is 39.0 Å². The number of nitrogens with one attached hydrogen (secondary N) is 2. The van der Waals surface area contributed by atoms with Crippen molar-refractivity contribution in [2.45, 2.75) is 62.9 Å². The summed E-state index contributed by atoms with van der Waals surface area (Å²) < 4.78 is 29.2. The van der Waals surface area contributed by atoms with E-state index in [9.17, 15) is 13.5 Å². The largest absolute Gasteiger partial charge is 0.387 e. The van der Waals surface area contributed by atoms with Crippen LogP contribution in [0.25, 0.3) is 0 Å². The first-order valence-electron chi connectivity index (χ1n) is 15.2. The molecule has 3 heterocycles. The van der Waals surface area contributed by atoms with Crippen molar-refractivity contribution < 1.29 is 13.5 Å². The summed E-state index contributed by atoms with van der Waals surface area (Å²) in [6.07, 6.45) is 10.1. The molecule has 2 aromatic carbocycles. The van der Waals surface area contributed by atoms with E-state index in [4.69, 9.17) is 4.98 Å². The van der Waals surface area contributed by atoms with Crippen LogP contribution in [0.1, 0.15) is 61.1 Å². The van der Waals surface area contributed by atoms with Gasteiger partial charge in [-0.05, 0) is 91.9 Å². The summed E-state index contributed by atoms with van der Waals surface area (Å²) in [6.45, 7) is 4.12. The highest BCUT2D eigenvalue weighted by atomic mass is 32.2. The second kappa shape index (κ2) is 14.6. The maximum absolute atomic E-state index is 13.2. The lowest BCUT2D eigenvalue weighted by molar-refractivity contribution is 0.174. The molecule has 1 aliphatic heterocycles. The third kappa shape index (κ3) is 8.19. The van der Waals surface area contributed by atoms with Crippen LogP contribution < -0.4 is 14.9 Å². The summed E-state index contributed by atoms with van der Waals surface area (Å²) in [4.78, 5) is 11.4. The number of aromatic nitrogens is 2. The number of sulfonamides is 1. The van der Waals surface area contributed by atoms with Crippen LogP contribution in [0.2, 0.25) is 0 Å². The molecular weight excluding hydrogens is 558 g/mol. The molecule has 2 aromatic heterocycles. The summed E-state index contributed by atoms with van der Waals surface area (Å²) in [5.74, 6) is 0.917. The number of anilines is 3. The van der Waals surface area contributed by atoms with Gasteiger partial charge in [0.25, 0.3) is 10.0 Å². The zero-order valence-corrected chi connectivity index (χ0v) is 25.6. The molecule has 8 nitrogen and oxygen atoms in total. The van der Waals surface area contributed by atoms with E-state index in [0.717, 1.165) is 66.1 Å². The van der Waals surface area contributed by atoms with Gasteiger partial charge in [0.2, 0.25) is 0 Å². The van der Waals surface area contributed by atoms with Gasteiger partial charge in [-0.3, -0.25) is 9.71 Å². The molecule has 5 rings (SSSR count). The average Bonchev–Trinajstić information content (AvgIpc) is 3.46. The molecule has 1 aliphatic rings. The predicted octanol–water partition coefficient (Wildman–Crippen LogP) is 5.96. The highest BCUT2D eigenvalue weighted by molar-refractivity contribution is 7.92. The Morgan fingerprint density at radius 2 is 1.84 bits per heavy atom. The first kappa shape index (κ1) is 30.7. The summed E-state index contributed by atoms with van der Waals surface area (Å²) in [5, 5.41) is 13.5. The van der Waals surface area contributed by atoms with Crippen LogP contribution in [0.15, 0.2) is 90.1 Å². The smallest absolute Gasteiger partial charge is 0.261 e. The lowest BCUT2D eigenvalue weighted by Crippen LogP contribution is -2.23. The van der Waals surface area contributed by atoms with Crippen LogP contribution in [-0.2, 0) is 29.3 Å². The first-order valence-corrected chi connectivity index (χ1v) is 16.7. The lowest BCUT2D eigenvalue weighted by atomic mass is 10.1. The topological polar surface area (TPSA) is 107 Å². The van der Waals surface area contributed by atoms with Gasteiger partial charge in [-0.15, -0.1) is 0 Å². The Bertz CT molecular complexity index is 1580. The minimum atomic E-state index is -3.74. The van der Waals surface area contributed by atoms with E-state index < -0.39 is 16.1 Å². The molecule has 3 N–H and O–H groups in total. The number of nitrogens with zero attached hydrogens (tertiary/aromatic N) is 3. The number of unbranched alkanes of at least 4 members (excludes halogenated alkanes) is 3. The van der Waals surface area contributed by atoms with Crippen LogP contribution in [0.4, 0.5) is 17.2 Å². The Labute approximate surface area is 255 Å². The molecule has 0 amide bonds. The quantitative estimate of drug-likeness (QED) is 0.145. The standard InChI is InChI=1S/C34H41N5O3S/c1-2-3-4-5-9-29-10-6-11-34(37-29)39-22-19-27-23-31(16-17-32(27)39)43(41,42)38-30-14-12-26(13-15-30)18-21-36-25-33(40)28-8-7-20-35-24-28/h6-8,10-17,20,23-24,33,36,38,40H,2-5,9,18-19,21-22,25H2,1H3/t33-/m0/s1. The van der Waals surface area contributed by atoms with Gasteiger partial charge in [-0.1, -0.05) is 50.5 Å². The Morgan fingerprint density at radius 3 is 2.63 bits per heavy atom. The second-order valence-electron chi connectivity index (χ2n) is 11.0. The number of aliphatic hydroxyl groups is 1. The van der Waals surface area contributed by atoms with E-state index in [1.54, 1.807) is 42.7 Å². The Hall–Kier alpha value is -3.79. The first-order chi connectivity index (χ1) is 20.9. The van der Waals surface area contributed by atoms with Gasteiger partial charge in [0, 0.05) is 48.1 Å². The number of pyridine rings is 2. The number of aryl methyl sites for hydroxylation is 1. The number of aliphatic hydroxyl groups excluding tert-OH is 1. The fraction of sp³-hybridized carbons (Fsp3) is 0.353. The monoisotopic (exact) mass is 599 g/mol. The Kier molecular flexibility index (Phi) is 10.4. The van der Waals surface area contributed by atoms with Gasteiger partial charge in [-0.25, -0.2) is 13.4 Å². The van der Waals surface area contributed by atoms with Gasteiger partial charge in [0.1, 0.15) is 5.82 Å². The maximum Gasteiger partial charge on any atom is 0.261 e. The zero-order chi connectivity index (χ0) is 30.1. The average molecular weight is 600 g/mol. The summed E-state index contributed by atoms with van der Waals surface area (Å²) in [5.41, 5.74) is 5.50. The number of rotatable bonds is 15. The Morgan fingerprint density at radius 1 is 0.977 bits per heavy atom. The highest BCUT2D eigenvalue weighted by Crippen LogP contribution is 2.35.